The standard InChI is InChI=1S/C15H14Cl2N2O/c16-13-4-2-1-3-11(13)8-19-9-12-6-5-10(15(18)20)7-14(12)17/h1-7,19H,8-9H2,(H2,18,20). The topological polar surface area (TPSA) is 55.1 Å². The molecule has 0 saturated carbocycles. The summed E-state index contributed by atoms with van der Waals surface area (Å²) in [5.74, 6) is -0.484. The maximum absolute atomic E-state index is 11.0. The van der Waals surface area contributed by atoms with Crippen LogP contribution < -0.4 is 11.1 Å². The lowest BCUT2D eigenvalue weighted by atomic mass is 10.1. The molecule has 0 spiro atoms. The number of hydrogen-bond donors (Lipinski definition) is 2. The molecule has 0 aromatic heterocycles. The molecule has 104 valence electrons. The molecule has 2 aromatic carbocycles. The van der Waals surface area contributed by atoms with Crippen molar-refractivity contribution in [2.45, 2.75) is 13.1 Å². The summed E-state index contributed by atoms with van der Waals surface area (Å²) in [7, 11) is 0. The largest absolute Gasteiger partial charge is 0.366 e. The lowest BCUT2D eigenvalue weighted by molar-refractivity contribution is 0.100. The molecule has 5 heteroatoms. The lowest BCUT2D eigenvalue weighted by Crippen LogP contribution is -2.14. The molecule has 0 atom stereocenters. The van der Waals surface area contributed by atoms with Gasteiger partial charge in [-0.2, -0.15) is 0 Å². The van der Waals surface area contributed by atoms with Gasteiger partial charge in [0.25, 0.3) is 0 Å². The summed E-state index contributed by atoms with van der Waals surface area (Å²) in [6, 6.07) is 12.7. The molecule has 0 aliphatic heterocycles. The molecular weight excluding hydrogens is 295 g/mol. The van der Waals surface area contributed by atoms with Crippen LogP contribution >= 0.6 is 23.2 Å². The number of amides is 1. The van der Waals surface area contributed by atoms with Gasteiger partial charge in [-0.25, -0.2) is 0 Å². The van der Waals surface area contributed by atoms with Gasteiger partial charge in [0.2, 0.25) is 5.91 Å². The van der Waals surface area contributed by atoms with Crippen LogP contribution in [0.25, 0.3) is 0 Å². The zero-order chi connectivity index (χ0) is 14.5. The number of carbonyl (C=O) groups excluding carboxylic acids is 1. The van der Waals surface area contributed by atoms with Gasteiger partial charge in [0.05, 0.1) is 0 Å². The number of nitrogens with one attached hydrogen (secondary N) is 1. The molecule has 0 aliphatic carbocycles. The Morgan fingerprint density at radius 2 is 1.65 bits per heavy atom. The molecule has 3 nitrogen and oxygen atoms in total. The Morgan fingerprint density at radius 1 is 1.00 bits per heavy atom. The second-order valence-electron chi connectivity index (χ2n) is 4.37. The highest BCUT2D eigenvalue weighted by atomic mass is 35.5. The third-order valence-corrected chi connectivity index (χ3v) is 3.65. The Labute approximate surface area is 127 Å². The summed E-state index contributed by atoms with van der Waals surface area (Å²) in [6.07, 6.45) is 0. The van der Waals surface area contributed by atoms with E-state index in [2.05, 4.69) is 5.32 Å². The van der Waals surface area contributed by atoms with Crippen LogP contribution in [0, 0.1) is 0 Å². The summed E-state index contributed by atoms with van der Waals surface area (Å²) in [6.45, 7) is 1.23. The van der Waals surface area contributed by atoms with Gasteiger partial charge >= 0.3 is 0 Å². The molecule has 2 aromatic rings. The first-order chi connectivity index (χ1) is 9.58. The highest BCUT2D eigenvalue weighted by Gasteiger charge is 2.06. The Bertz CT molecular complexity index is 629. The predicted molar refractivity (Wildman–Crippen MR) is 82.0 cm³/mol. The van der Waals surface area contributed by atoms with E-state index in [9.17, 15) is 4.79 Å². The average molecular weight is 309 g/mol. The molecular formula is C15H14Cl2N2O. The van der Waals surface area contributed by atoms with E-state index in [0.29, 0.717) is 23.7 Å². The number of nitrogens with two attached hydrogens (primary N) is 1. The second-order valence-corrected chi connectivity index (χ2v) is 5.18. The van der Waals surface area contributed by atoms with Crippen LogP contribution in [0.5, 0.6) is 0 Å². The number of halogens is 2. The summed E-state index contributed by atoms with van der Waals surface area (Å²) in [5, 5.41) is 4.52. The molecule has 3 N–H and O–H groups in total. The Hall–Kier alpha value is -1.55. The van der Waals surface area contributed by atoms with Crippen LogP contribution in [0.4, 0.5) is 0 Å². The van der Waals surface area contributed by atoms with Crippen LogP contribution in [-0.4, -0.2) is 5.91 Å². The van der Waals surface area contributed by atoms with Gasteiger partial charge in [-0.1, -0.05) is 47.5 Å². The summed E-state index contributed by atoms with van der Waals surface area (Å²) in [5.41, 5.74) is 7.54. The summed E-state index contributed by atoms with van der Waals surface area (Å²) in [4.78, 5) is 11.0. The number of carbonyl (C=O) groups is 1. The number of primary amides is 1. The number of benzene rings is 2. The van der Waals surface area contributed by atoms with Crippen molar-refractivity contribution in [1.29, 1.82) is 0 Å². The fraction of sp³-hybridized carbons (Fsp3) is 0.133. The minimum atomic E-state index is -0.484. The van der Waals surface area contributed by atoms with Crippen LogP contribution in [0.2, 0.25) is 10.0 Å². The molecule has 0 heterocycles. The average Bonchev–Trinajstić information content (AvgIpc) is 2.42. The SMILES string of the molecule is NC(=O)c1ccc(CNCc2ccccc2Cl)c(Cl)c1. The normalized spacial score (nSPS) is 10.5. The van der Waals surface area contributed by atoms with Crippen molar-refractivity contribution in [3.63, 3.8) is 0 Å². The zero-order valence-corrected chi connectivity index (χ0v) is 12.2. The van der Waals surface area contributed by atoms with Gasteiger partial charge in [0, 0.05) is 28.7 Å². The first-order valence-electron chi connectivity index (χ1n) is 6.10. The van der Waals surface area contributed by atoms with E-state index in [0.717, 1.165) is 16.1 Å². The first-order valence-corrected chi connectivity index (χ1v) is 6.86. The summed E-state index contributed by atoms with van der Waals surface area (Å²) < 4.78 is 0. The fourth-order valence-corrected chi connectivity index (χ4v) is 2.27. The molecule has 0 unspecified atom stereocenters. The minimum absolute atomic E-state index is 0.407. The quantitative estimate of drug-likeness (QED) is 0.889. The third-order valence-electron chi connectivity index (χ3n) is 2.93. The van der Waals surface area contributed by atoms with Crippen molar-refractivity contribution in [2.75, 3.05) is 0 Å². The molecule has 0 aliphatic rings. The molecule has 0 radical (unpaired) electrons. The lowest BCUT2D eigenvalue weighted by Gasteiger charge is -2.09. The first kappa shape index (κ1) is 14.9. The number of hydrogen-bond acceptors (Lipinski definition) is 2. The van der Waals surface area contributed by atoms with Gasteiger partial charge in [0.15, 0.2) is 0 Å². The van der Waals surface area contributed by atoms with E-state index in [4.69, 9.17) is 28.9 Å². The van der Waals surface area contributed by atoms with Crippen LogP contribution in [-0.2, 0) is 13.1 Å². The van der Waals surface area contributed by atoms with Gasteiger partial charge in [-0.3, -0.25) is 4.79 Å². The Balaban J connectivity index is 1.98. The fourth-order valence-electron chi connectivity index (χ4n) is 1.82. The van der Waals surface area contributed by atoms with Crippen molar-refractivity contribution < 1.29 is 4.79 Å². The van der Waals surface area contributed by atoms with Crippen LogP contribution in [0.15, 0.2) is 42.5 Å². The van der Waals surface area contributed by atoms with E-state index in [1.54, 1.807) is 18.2 Å². The van der Waals surface area contributed by atoms with Crippen molar-refractivity contribution in [3.05, 3.63) is 69.2 Å². The molecule has 2 rings (SSSR count). The molecule has 0 saturated heterocycles. The van der Waals surface area contributed by atoms with Crippen LogP contribution in [0.3, 0.4) is 0 Å². The Morgan fingerprint density at radius 3 is 2.25 bits per heavy atom. The highest BCUT2D eigenvalue weighted by Crippen LogP contribution is 2.18. The minimum Gasteiger partial charge on any atom is -0.366 e. The van der Waals surface area contributed by atoms with Crippen molar-refractivity contribution in [3.8, 4) is 0 Å². The van der Waals surface area contributed by atoms with Crippen molar-refractivity contribution >= 4 is 29.1 Å². The zero-order valence-electron chi connectivity index (χ0n) is 10.7. The second kappa shape index (κ2) is 6.75. The van der Waals surface area contributed by atoms with E-state index < -0.39 is 5.91 Å². The van der Waals surface area contributed by atoms with Gasteiger partial charge in [0.1, 0.15) is 0 Å². The summed E-state index contributed by atoms with van der Waals surface area (Å²) >= 11 is 12.2. The number of rotatable bonds is 5. The van der Waals surface area contributed by atoms with E-state index in [1.165, 1.54) is 0 Å². The van der Waals surface area contributed by atoms with Crippen LogP contribution in [0.1, 0.15) is 21.5 Å². The molecule has 1 amide bonds. The highest BCUT2D eigenvalue weighted by molar-refractivity contribution is 6.32. The van der Waals surface area contributed by atoms with Crippen molar-refractivity contribution in [2.24, 2.45) is 5.73 Å². The third kappa shape index (κ3) is 3.73. The van der Waals surface area contributed by atoms with E-state index in [-0.39, 0.29) is 0 Å². The van der Waals surface area contributed by atoms with Gasteiger partial charge in [-0.05, 0) is 29.3 Å². The van der Waals surface area contributed by atoms with Crippen molar-refractivity contribution in [1.82, 2.24) is 5.32 Å². The molecule has 20 heavy (non-hydrogen) atoms. The maximum Gasteiger partial charge on any atom is 0.248 e. The van der Waals surface area contributed by atoms with Gasteiger partial charge < -0.3 is 11.1 Å². The monoisotopic (exact) mass is 308 g/mol. The molecule has 0 fully saturated rings. The Kier molecular flexibility index (Phi) is 5.01. The van der Waals surface area contributed by atoms with E-state index in [1.807, 2.05) is 24.3 Å². The van der Waals surface area contributed by atoms with E-state index >= 15 is 0 Å². The smallest absolute Gasteiger partial charge is 0.248 e. The van der Waals surface area contributed by atoms with Gasteiger partial charge in [-0.15, -0.1) is 0 Å². The molecule has 0 bridgehead atoms. The predicted octanol–water partition coefficient (Wildman–Crippen LogP) is 3.38. The maximum atomic E-state index is 11.0.